The standard InChI is InChI=1S/C18H20N4O5/c1-12-17(18(24)19-8-4-3-5-16(23)25-2)20-21-22(12)13-6-7-14-15(11-13)27-10-9-26-14/h3,5-7,11H,4,8-10H2,1-2H3,(H,19,24)/b5-3+. The van der Waals surface area contributed by atoms with Crippen molar-refractivity contribution in [2.45, 2.75) is 13.3 Å². The highest BCUT2D eigenvalue weighted by Gasteiger charge is 2.19. The average molecular weight is 372 g/mol. The molecule has 0 unspecified atom stereocenters. The number of methoxy groups -OCH3 is 1. The van der Waals surface area contributed by atoms with Gasteiger partial charge in [-0.05, 0) is 25.5 Å². The van der Waals surface area contributed by atoms with E-state index in [2.05, 4.69) is 20.4 Å². The summed E-state index contributed by atoms with van der Waals surface area (Å²) in [5.41, 5.74) is 1.57. The van der Waals surface area contributed by atoms with E-state index in [4.69, 9.17) is 9.47 Å². The van der Waals surface area contributed by atoms with Crippen molar-refractivity contribution in [2.75, 3.05) is 26.9 Å². The normalized spacial score (nSPS) is 12.8. The Labute approximate surface area is 155 Å². The summed E-state index contributed by atoms with van der Waals surface area (Å²) in [7, 11) is 1.31. The van der Waals surface area contributed by atoms with E-state index in [9.17, 15) is 9.59 Å². The summed E-state index contributed by atoms with van der Waals surface area (Å²) in [5, 5.41) is 10.8. The minimum atomic E-state index is -0.431. The molecule has 0 radical (unpaired) electrons. The van der Waals surface area contributed by atoms with E-state index in [1.807, 2.05) is 6.07 Å². The molecule has 9 heteroatoms. The van der Waals surface area contributed by atoms with Gasteiger partial charge in [-0.3, -0.25) is 4.79 Å². The number of nitrogens with one attached hydrogen (secondary N) is 1. The van der Waals surface area contributed by atoms with Crippen LogP contribution in [0.15, 0.2) is 30.4 Å². The van der Waals surface area contributed by atoms with Gasteiger partial charge in [-0.25, -0.2) is 9.48 Å². The van der Waals surface area contributed by atoms with E-state index in [1.165, 1.54) is 13.2 Å². The quantitative estimate of drug-likeness (QED) is 0.461. The predicted octanol–water partition coefficient (Wildman–Crippen LogP) is 1.20. The smallest absolute Gasteiger partial charge is 0.330 e. The van der Waals surface area contributed by atoms with Crippen molar-refractivity contribution in [3.8, 4) is 17.2 Å². The number of carbonyl (C=O) groups excluding carboxylic acids is 2. The zero-order valence-corrected chi connectivity index (χ0v) is 15.1. The van der Waals surface area contributed by atoms with Crippen LogP contribution in [0.4, 0.5) is 0 Å². The van der Waals surface area contributed by atoms with Gasteiger partial charge in [-0.1, -0.05) is 11.3 Å². The van der Waals surface area contributed by atoms with Gasteiger partial charge in [-0.2, -0.15) is 0 Å². The lowest BCUT2D eigenvalue weighted by Gasteiger charge is -2.18. The molecule has 27 heavy (non-hydrogen) atoms. The maximum absolute atomic E-state index is 12.3. The summed E-state index contributed by atoms with van der Waals surface area (Å²) >= 11 is 0. The van der Waals surface area contributed by atoms with Gasteiger partial charge in [0.1, 0.15) is 13.2 Å². The maximum atomic E-state index is 12.3. The molecule has 1 aromatic carbocycles. The van der Waals surface area contributed by atoms with E-state index < -0.39 is 5.97 Å². The van der Waals surface area contributed by atoms with Crippen LogP contribution in [-0.2, 0) is 9.53 Å². The molecule has 0 saturated carbocycles. The number of amides is 1. The molecule has 1 N–H and O–H groups in total. The molecule has 0 atom stereocenters. The van der Waals surface area contributed by atoms with Crippen LogP contribution in [0.25, 0.3) is 5.69 Å². The number of aromatic nitrogens is 3. The molecule has 1 aliphatic rings. The molecular weight excluding hydrogens is 352 g/mol. The third-order valence-electron chi connectivity index (χ3n) is 3.93. The number of hydrogen-bond donors (Lipinski definition) is 1. The highest BCUT2D eigenvalue weighted by molar-refractivity contribution is 5.93. The summed E-state index contributed by atoms with van der Waals surface area (Å²) < 4.78 is 17.1. The molecule has 0 saturated heterocycles. The molecule has 1 amide bonds. The molecule has 2 aromatic rings. The topological polar surface area (TPSA) is 105 Å². The fraction of sp³-hybridized carbons (Fsp3) is 0.333. The second kappa shape index (κ2) is 8.35. The monoisotopic (exact) mass is 372 g/mol. The second-order valence-electron chi connectivity index (χ2n) is 5.73. The Balaban J connectivity index is 1.65. The Kier molecular flexibility index (Phi) is 5.70. The summed E-state index contributed by atoms with van der Waals surface area (Å²) in [5.74, 6) is 0.556. The number of nitrogens with zero attached hydrogens (tertiary/aromatic N) is 3. The van der Waals surface area contributed by atoms with Gasteiger partial charge in [-0.15, -0.1) is 5.10 Å². The van der Waals surface area contributed by atoms with Crippen LogP contribution in [0.2, 0.25) is 0 Å². The van der Waals surface area contributed by atoms with Crippen LogP contribution in [0, 0.1) is 6.92 Å². The Morgan fingerprint density at radius 2 is 2.07 bits per heavy atom. The van der Waals surface area contributed by atoms with Crippen LogP contribution >= 0.6 is 0 Å². The first-order valence-electron chi connectivity index (χ1n) is 8.45. The maximum Gasteiger partial charge on any atom is 0.330 e. The Morgan fingerprint density at radius 1 is 1.30 bits per heavy atom. The zero-order valence-electron chi connectivity index (χ0n) is 15.1. The van der Waals surface area contributed by atoms with Gasteiger partial charge < -0.3 is 19.5 Å². The lowest BCUT2D eigenvalue weighted by atomic mass is 10.2. The average Bonchev–Trinajstić information content (AvgIpc) is 3.08. The summed E-state index contributed by atoms with van der Waals surface area (Å²) in [6.07, 6.45) is 3.44. The molecular formula is C18H20N4O5. The first kappa shape index (κ1) is 18.4. The summed E-state index contributed by atoms with van der Waals surface area (Å²) in [4.78, 5) is 23.3. The number of hydrogen-bond acceptors (Lipinski definition) is 7. The number of esters is 1. The number of fused-ring (bicyclic) bond motifs is 1. The number of rotatable bonds is 6. The van der Waals surface area contributed by atoms with Gasteiger partial charge in [0.15, 0.2) is 17.2 Å². The lowest BCUT2D eigenvalue weighted by molar-refractivity contribution is -0.134. The summed E-state index contributed by atoms with van der Waals surface area (Å²) in [6, 6.07) is 5.43. The molecule has 0 bridgehead atoms. The van der Waals surface area contributed by atoms with Crippen molar-refractivity contribution in [1.29, 1.82) is 0 Å². The predicted molar refractivity (Wildman–Crippen MR) is 95.2 cm³/mol. The molecule has 0 fully saturated rings. The van der Waals surface area contributed by atoms with Gasteiger partial charge in [0.2, 0.25) is 0 Å². The SMILES string of the molecule is COC(=O)/C=C/CCNC(=O)c1nnn(-c2ccc3c(c2)OCCO3)c1C. The van der Waals surface area contributed by atoms with Gasteiger partial charge in [0, 0.05) is 18.7 Å². The summed E-state index contributed by atoms with van der Waals surface area (Å²) in [6.45, 7) is 3.14. The number of carbonyl (C=O) groups is 2. The number of ether oxygens (including phenoxy) is 3. The molecule has 2 heterocycles. The first-order chi connectivity index (χ1) is 13.1. The van der Waals surface area contributed by atoms with Crippen molar-refractivity contribution in [1.82, 2.24) is 20.3 Å². The molecule has 0 spiro atoms. The minimum absolute atomic E-state index is 0.238. The van der Waals surface area contributed by atoms with Crippen LogP contribution in [0.3, 0.4) is 0 Å². The van der Waals surface area contributed by atoms with Crippen LogP contribution in [0.5, 0.6) is 11.5 Å². The fourth-order valence-electron chi connectivity index (χ4n) is 2.55. The lowest BCUT2D eigenvalue weighted by Crippen LogP contribution is -2.25. The molecule has 3 rings (SSSR count). The van der Waals surface area contributed by atoms with Gasteiger partial charge in [0.25, 0.3) is 5.91 Å². The second-order valence-corrected chi connectivity index (χ2v) is 5.73. The number of benzene rings is 1. The zero-order chi connectivity index (χ0) is 19.2. The third-order valence-corrected chi connectivity index (χ3v) is 3.93. The Bertz CT molecular complexity index is 875. The van der Waals surface area contributed by atoms with Crippen LogP contribution in [-0.4, -0.2) is 53.7 Å². The molecule has 142 valence electrons. The van der Waals surface area contributed by atoms with Crippen molar-refractivity contribution in [3.63, 3.8) is 0 Å². The van der Waals surface area contributed by atoms with Crippen molar-refractivity contribution in [2.24, 2.45) is 0 Å². The Hall–Kier alpha value is -3.36. The molecule has 1 aromatic heterocycles. The Morgan fingerprint density at radius 3 is 2.85 bits per heavy atom. The molecule has 0 aliphatic carbocycles. The van der Waals surface area contributed by atoms with E-state index in [0.29, 0.717) is 43.4 Å². The molecule has 1 aliphatic heterocycles. The highest BCUT2D eigenvalue weighted by Crippen LogP contribution is 2.32. The van der Waals surface area contributed by atoms with E-state index in [1.54, 1.807) is 29.8 Å². The van der Waals surface area contributed by atoms with Crippen molar-refractivity contribution < 1.29 is 23.8 Å². The minimum Gasteiger partial charge on any atom is -0.486 e. The van der Waals surface area contributed by atoms with Crippen molar-refractivity contribution >= 4 is 11.9 Å². The third kappa shape index (κ3) is 4.25. The fourth-order valence-corrected chi connectivity index (χ4v) is 2.55. The highest BCUT2D eigenvalue weighted by atomic mass is 16.6. The van der Waals surface area contributed by atoms with Gasteiger partial charge >= 0.3 is 5.97 Å². The van der Waals surface area contributed by atoms with E-state index >= 15 is 0 Å². The first-order valence-corrected chi connectivity index (χ1v) is 8.45. The molecule has 9 nitrogen and oxygen atoms in total. The van der Waals surface area contributed by atoms with Gasteiger partial charge in [0.05, 0.1) is 18.5 Å². The van der Waals surface area contributed by atoms with E-state index in [0.717, 1.165) is 5.69 Å². The van der Waals surface area contributed by atoms with Crippen LogP contribution in [0.1, 0.15) is 22.6 Å². The van der Waals surface area contributed by atoms with E-state index in [-0.39, 0.29) is 11.6 Å². The largest absolute Gasteiger partial charge is 0.486 e. The van der Waals surface area contributed by atoms with Crippen molar-refractivity contribution in [3.05, 3.63) is 41.7 Å². The van der Waals surface area contributed by atoms with Crippen LogP contribution < -0.4 is 14.8 Å².